The lowest BCUT2D eigenvalue weighted by Crippen LogP contribution is -2.31. The first-order chi connectivity index (χ1) is 16.9. The predicted octanol–water partition coefficient (Wildman–Crippen LogP) is 7.77. The van der Waals surface area contributed by atoms with Crippen LogP contribution in [-0.4, -0.2) is 38.1 Å². The Labute approximate surface area is 212 Å². The zero-order valence-electron chi connectivity index (χ0n) is 18.7. The number of hydrogen-bond donors (Lipinski definition) is 0. The third kappa shape index (κ3) is 5.03. The number of aromatic nitrogens is 3. The van der Waals surface area contributed by atoms with Gasteiger partial charge in [0.2, 0.25) is 5.78 Å². The summed E-state index contributed by atoms with van der Waals surface area (Å²) in [5.74, 6) is 0.148. The van der Waals surface area contributed by atoms with E-state index in [9.17, 15) is 26.3 Å². The van der Waals surface area contributed by atoms with Crippen LogP contribution in [-0.2, 0) is 12.7 Å². The Morgan fingerprint density at radius 3 is 2.28 bits per heavy atom. The van der Waals surface area contributed by atoms with Crippen LogP contribution in [0.3, 0.4) is 0 Å². The zero-order valence-corrected chi connectivity index (χ0v) is 20.2. The molecule has 0 saturated heterocycles. The fourth-order valence-electron chi connectivity index (χ4n) is 4.46. The minimum absolute atomic E-state index is 0.0371. The van der Waals surface area contributed by atoms with E-state index in [4.69, 9.17) is 23.2 Å². The minimum atomic E-state index is -4.81. The van der Waals surface area contributed by atoms with Gasteiger partial charge in [0.1, 0.15) is 0 Å². The summed E-state index contributed by atoms with van der Waals surface area (Å²) in [6.45, 7) is -0.431. The Morgan fingerprint density at radius 1 is 0.972 bits per heavy atom. The molecule has 1 aliphatic rings. The second kappa shape index (κ2) is 9.15. The number of imidazole rings is 2. The molecule has 0 spiro atoms. The minimum Gasteiger partial charge on any atom is -0.297 e. The molecule has 36 heavy (non-hydrogen) atoms. The standard InChI is InChI=1S/C24H20Cl2F6N4/c25-15-7-8-17(16(26)11-15)35-18-3-1-2-4-19(18)36-20(21(24(30,31)32)33-22(35)36)13-34(12-14-5-6-14)10-9-23(27,28)29/h1-4,7-8,11,14H,5-6,9-10,12-13H2. The van der Waals surface area contributed by atoms with Crippen LogP contribution in [0, 0.1) is 5.92 Å². The SMILES string of the molecule is FC(F)(F)CCN(Cc1c(C(F)(F)F)nc2n(-c3ccc(Cl)cc3Cl)c3ccccc3n12)CC1CC1. The molecule has 1 aliphatic carbocycles. The first-order valence-corrected chi connectivity index (χ1v) is 12.0. The molecule has 4 nitrogen and oxygen atoms in total. The zero-order chi connectivity index (χ0) is 25.8. The maximum atomic E-state index is 14.2. The highest BCUT2D eigenvalue weighted by Gasteiger charge is 2.40. The van der Waals surface area contributed by atoms with Gasteiger partial charge in [0.05, 0.1) is 33.9 Å². The molecule has 1 fully saturated rings. The van der Waals surface area contributed by atoms with Crippen molar-refractivity contribution in [3.05, 3.63) is 63.9 Å². The molecule has 5 rings (SSSR count). The van der Waals surface area contributed by atoms with Crippen molar-refractivity contribution in [2.24, 2.45) is 5.92 Å². The molecule has 0 bridgehead atoms. The van der Waals surface area contributed by atoms with Crippen LogP contribution >= 0.6 is 23.2 Å². The summed E-state index contributed by atoms with van der Waals surface area (Å²) in [6, 6.07) is 11.4. The van der Waals surface area contributed by atoms with Crippen LogP contribution in [0.5, 0.6) is 0 Å². The molecule has 0 atom stereocenters. The Balaban J connectivity index is 1.71. The highest BCUT2D eigenvalue weighted by Crippen LogP contribution is 2.38. The number of nitrogens with zero attached hydrogens (tertiary/aromatic N) is 4. The van der Waals surface area contributed by atoms with E-state index in [1.54, 1.807) is 36.4 Å². The van der Waals surface area contributed by atoms with E-state index in [2.05, 4.69) is 4.98 Å². The fraction of sp³-hybridized carbons (Fsp3) is 0.375. The van der Waals surface area contributed by atoms with Gasteiger partial charge in [0, 0.05) is 24.7 Å². The summed E-state index contributed by atoms with van der Waals surface area (Å²) in [6.07, 6.45) is -8.63. The normalized spacial score (nSPS) is 15.0. The molecule has 2 heterocycles. The Bertz CT molecular complexity index is 1420. The number of rotatable bonds is 7. The average molecular weight is 549 g/mol. The van der Waals surface area contributed by atoms with E-state index in [-0.39, 0.29) is 29.0 Å². The summed E-state index contributed by atoms with van der Waals surface area (Å²) in [4.78, 5) is 5.43. The van der Waals surface area contributed by atoms with Crippen LogP contribution in [0.2, 0.25) is 10.0 Å². The number of benzene rings is 2. The fourth-order valence-corrected chi connectivity index (χ4v) is 4.96. The van der Waals surface area contributed by atoms with Gasteiger partial charge >= 0.3 is 12.4 Å². The maximum Gasteiger partial charge on any atom is 0.435 e. The van der Waals surface area contributed by atoms with E-state index in [1.807, 2.05) is 0 Å². The Hall–Kier alpha value is -2.43. The molecule has 2 aromatic carbocycles. The number of fused-ring (bicyclic) bond motifs is 3. The molecule has 0 N–H and O–H groups in total. The second-order valence-electron chi connectivity index (χ2n) is 9.00. The van der Waals surface area contributed by atoms with Crippen molar-refractivity contribution in [1.29, 1.82) is 0 Å². The number of halogens is 8. The summed E-state index contributed by atoms with van der Waals surface area (Å²) in [5.41, 5.74) is 0.0154. The predicted molar refractivity (Wildman–Crippen MR) is 126 cm³/mol. The largest absolute Gasteiger partial charge is 0.435 e. The van der Waals surface area contributed by atoms with E-state index < -0.39 is 31.0 Å². The molecule has 1 saturated carbocycles. The van der Waals surface area contributed by atoms with Crippen LogP contribution in [0.4, 0.5) is 26.3 Å². The van der Waals surface area contributed by atoms with E-state index in [0.29, 0.717) is 28.3 Å². The highest BCUT2D eigenvalue weighted by molar-refractivity contribution is 6.35. The van der Waals surface area contributed by atoms with Crippen molar-refractivity contribution in [2.45, 2.75) is 38.2 Å². The lowest BCUT2D eigenvalue weighted by atomic mass is 10.2. The van der Waals surface area contributed by atoms with Crippen molar-refractivity contribution < 1.29 is 26.3 Å². The smallest absolute Gasteiger partial charge is 0.297 e. The molecule has 192 valence electrons. The third-order valence-corrected chi connectivity index (χ3v) is 6.77. The third-order valence-electron chi connectivity index (χ3n) is 6.24. The van der Waals surface area contributed by atoms with Gasteiger partial charge in [-0.25, -0.2) is 4.98 Å². The lowest BCUT2D eigenvalue weighted by Gasteiger charge is -2.23. The topological polar surface area (TPSA) is 25.5 Å². The quantitative estimate of drug-likeness (QED) is 0.220. The molecule has 12 heteroatoms. The number of alkyl halides is 6. The number of para-hydroxylation sites is 2. The van der Waals surface area contributed by atoms with E-state index in [1.165, 1.54) is 19.9 Å². The van der Waals surface area contributed by atoms with Crippen molar-refractivity contribution in [3.63, 3.8) is 0 Å². The Kier molecular flexibility index (Phi) is 6.41. The maximum absolute atomic E-state index is 14.2. The van der Waals surface area contributed by atoms with Gasteiger partial charge in [-0.1, -0.05) is 35.3 Å². The molecular formula is C24H20Cl2F6N4. The highest BCUT2D eigenvalue weighted by atomic mass is 35.5. The van der Waals surface area contributed by atoms with Gasteiger partial charge in [0.25, 0.3) is 0 Å². The first kappa shape index (κ1) is 25.2. The van der Waals surface area contributed by atoms with E-state index >= 15 is 0 Å². The second-order valence-corrected chi connectivity index (χ2v) is 9.85. The van der Waals surface area contributed by atoms with Gasteiger partial charge in [0.15, 0.2) is 5.69 Å². The molecule has 4 aromatic rings. The van der Waals surface area contributed by atoms with Gasteiger partial charge in [-0.3, -0.25) is 13.9 Å². The summed E-state index contributed by atoms with van der Waals surface area (Å²) >= 11 is 12.4. The monoisotopic (exact) mass is 548 g/mol. The summed E-state index contributed by atoms with van der Waals surface area (Å²) in [5, 5.41) is 0.570. The van der Waals surface area contributed by atoms with Crippen LogP contribution in [0.1, 0.15) is 30.7 Å². The van der Waals surface area contributed by atoms with Gasteiger partial charge in [-0.2, -0.15) is 26.3 Å². The first-order valence-electron chi connectivity index (χ1n) is 11.2. The molecular weight excluding hydrogens is 529 g/mol. The van der Waals surface area contributed by atoms with Crippen molar-refractivity contribution in [1.82, 2.24) is 18.9 Å². The van der Waals surface area contributed by atoms with Crippen LogP contribution < -0.4 is 0 Å². The van der Waals surface area contributed by atoms with E-state index in [0.717, 1.165) is 12.8 Å². The van der Waals surface area contributed by atoms with Crippen molar-refractivity contribution in [3.8, 4) is 5.69 Å². The van der Waals surface area contributed by atoms with Crippen LogP contribution in [0.25, 0.3) is 22.5 Å². The van der Waals surface area contributed by atoms with Gasteiger partial charge in [-0.15, -0.1) is 0 Å². The van der Waals surface area contributed by atoms with Crippen LogP contribution in [0.15, 0.2) is 42.5 Å². The Morgan fingerprint density at radius 2 is 1.67 bits per heavy atom. The summed E-state index contributed by atoms with van der Waals surface area (Å²) in [7, 11) is 0. The van der Waals surface area contributed by atoms with Gasteiger partial charge in [-0.05, 0) is 49.1 Å². The average Bonchev–Trinajstić information content (AvgIpc) is 3.43. The summed E-state index contributed by atoms with van der Waals surface area (Å²) < 4.78 is 84.4. The van der Waals surface area contributed by atoms with Gasteiger partial charge < -0.3 is 0 Å². The molecule has 0 unspecified atom stereocenters. The molecule has 0 aliphatic heterocycles. The molecule has 0 radical (unpaired) electrons. The molecule has 0 amide bonds. The molecule has 2 aromatic heterocycles. The number of hydrogen-bond acceptors (Lipinski definition) is 2. The van der Waals surface area contributed by atoms with Crippen molar-refractivity contribution >= 4 is 40.0 Å². The lowest BCUT2D eigenvalue weighted by molar-refractivity contribution is -0.143. The van der Waals surface area contributed by atoms with Crippen molar-refractivity contribution in [2.75, 3.05) is 13.1 Å².